The lowest BCUT2D eigenvalue weighted by Gasteiger charge is -2.18. The third kappa shape index (κ3) is 3.64. The van der Waals surface area contributed by atoms with E-state index in [9.17, 15) is 9.59 Å². The van der Waals surface area contributed by atoms with Gasteiger partial charge in [-0.1, -0.05) is 24.3 Å². The molecule has 1 N–H and O–H groups in total. The van der Waals surface area contributed by atoms with E-state index in [1.54, 1.807) is 18.4 Å². The first-order chi connectivity index (χ1) is 15.6. The Bertz CT molecular complexity index is 1310. The molecule has 3 heterocycles. The molecular weight excluding hydrogens is 402 g/mol. The van der Waals surface area contributed by atoms with Gasteiger partial charge in [0.2, 0.25) is 0 Å². The minimum absolute atomic E-state index is 0.0190. The van der Waals surface area contributed by atoms with E-state index in [-0.39, 0.29) is 11.8 Å². The maximum Gasteiger partial charge on any atom is 0.256 e. The van der Waals surface area contributed by atoms with Crippen molar-refractivity contribution in [2.75, 3.05) is 18.4 Å². The van der Waals surface area contributed by atoms with Gasteiger partial charge in [-0.15, -0.1) is 0 Å². The van der Waals surface area contributed by atoms with Crippen molar-refractivity contribution >= 4 is 28.4 Å². The van der Waals surface area contributed by atoms with E-state index in [0.717, 1.165) is 36.9 Å². The first-order valence-corrected chi connectivity index (χ1v) is 10.8. The number of fused-ring (bicyclic) bond motifs is 1. The number of rotatable bonds is 4. The fourth-order valence-corrected chi connectivity index (χ4v) is 4.20. The normalized spacial score (nSPS) is 13.5. The summed E-state index contributed by atoms with van der Waals surface area (Å²) < 4.78 is 5.50. The molecule has 2 amide bonds. The number of pyridine rings is 1. The van der Waals surface area contributed by atoms with Gasteiger partial charge in [-0.05, 0) is 61.7 Å². The number of amides is 2. The highest BCUT2D eigenvalue weighted by molar-refractivity contribution is 6.13. The van der Waals surface area contributed by atoms with Crippen molar-refractivity contribution in [3.63, 3.8) is 0 Å². The highest BCUT2D eigenvalue weighted by atomic mass is 16.3. The molecule has 0 spiro atoms. The molecule has 2 aromatic carbocycles. The molecule has 6 nitrogen and oxygen atoms in total. The zero-order valence-corrected chi connectivity index (χ0v) is 17.8. The molecule has 32 heavy (non-hydrogen) atoms. The van der Waals surface area contributed by atoms with Crippen LogP contribution in [0.2, 0.25) is 0 Å². The van der Waals surface area contributed by atoms with Crippen LogP contribution in [0.3, 0.4) is 0 Å². The number of anilines is 1. The van der Waals surface area contributed by atoms with E-state index in [1.165, 1.54) is 0 Å². The van der Waals surface area contributed by atoms with Gasteiger partial charge in [0.1, 0.15) is 5.69 Å². The molecule has 1 aliphatic heterocycles. The number of carbonyl (C=O) groups excluding carboxylic acids is 2. The van der Waals surface area contributed by atoms with Crippen LogP contribution in [0.1, 0.15) is 39.1 Å². The number of hydrogen-bond donors (Lipinski definition) is 1. The van der Waals surface area contributed by atoms with E-state index in [2.05, 4.69) is 10.3 Å². The molecule has 1 saturated heterocycles. The SMILES string of the molecule is Cc1c(NC(=O)c2cc(-c3ccco3)nc3ccccc23)cccc1C(=O)N1CCCC1. The molecule has 0 atom stereocenters. The molecule has 1 aliphatic rings. The smallest absolute Gasteiger partial charge is 0.256 e. The lowest BCUT2D eigenvalue weighted by molar-refractivity contribution is 0.0791. The summed E-state index contributed by atoms with van der Waals surface area (Å²) >= 11 is 0. The van der Waals surface area contributed by atoms with Crippen LogP contribution >= 0.6 is 0 Å². The number of benzene rings is 2. The number of likely N-dealkylation sites (tertiary alicyclic amines) is 1. The largest absolute Gasteiger partial charge is 0.463 e. The summed E-state index contributed by atoms with van der Waals surface area (Å²) in [4.78, 5) is 32.8. The van der Waals surface area contributed by atoms with E-state index in [0.29, 0.717) is 33.8 Å². The summed E-state index contributed by atoms with van der Waals surface area (Å²) in [5, 5.41) is 3.76. The molecule has 1 fully saturated rings. The lowest BCUT2D eigenvalue weighted by Crippen LogP contribution is -2.28. The van der Waals surface area contributed by atoms with E-state index in [4.69, 9.17) is 4.42 Å². The van der Waals surface area contributed by atoms with Crippen LogP contribution in [0.4, 0.5) is 5.69 Å². The summed E-state index contributed by atoms with van der Waals surface area (Å²) in [7, 11) is 0. The highest BCUT2D eigenvalue weighted by Crippen LogP contribution is 2.27. The molecule has 0 saturated carbocycles. The van der Waals surface area contributed by atoms with Gasteiger partial charge in [0.15, 0.2) is 5.76 Å². The zero-order valence-electron chi connectivity index (χ0n) is 17.8. The monoisotopic (exact) mass is 425 g/mol. The standard InChI is InChI=1S/C26H23N3O3/c1-17-18(26(31)29-13-4-5-14-29)9-6-11-21(17)28-25(30)20-16-23(24-12-7-15-32-24)27-22-10-3-2-8-19(20)22/h2-3,6-12,15-16H,4-5,13-14H2,1H3,(H,28,30). The fourth-order valence-electron chi connectivity index (χ4n) is 4.20. The number of nitrogens with zero attached hydrogens (tertiary/aromatic N) is 2. The zero-order chi connectivity index (χ0) is 22.1. The summed E-state index contributed by atoms with van der Waals surface area (Å²) in [5.41, 5.74) is 3.82. The molecular formula is C26H23N3O3. The molecule has 0 radical (unpaired) electrons. The van der Waals surface area contributed by atoms with Crippen LogP contribution in [0.25, 0.3) is 22.4 Å². The molecule has 0 aliphatic carbocycles. The van der Waals surface area contributed by atoms with Crippen LogP contribution in [0.5, 0.6) is 0 Å². The Labute approximate surface area is 185 Å². The quantitative estimate of drug-likeness (QED) is 0.482. The Morgan fingerprint density at radius 1 is 0.969 bits per heavy atom. The maximum absolute atomic E-state index is 13.4. The number of aromatic nitrogens is 1. The Kier molecular flexibility index (Phi) is 5.19. The van der Waals surface area contributed by atoms with Gasteiger partial charge < -0.3 is 14.6 Å². The average molecular weight is 425 g/mol. The van der Waals surface area contributed by atoms with Gasteiger partial charge in [-0.3, -0.25) is 9.59 Å². The number of hydrogen-bond acceptors (Lipinski definition) is 4. The van der Waals surface area contributed by atoms with Gasteiger partial charge in [-0.25, -0.2) is 4.98 Å². The van der Waals surface area contributed by atoms with Crippen molar-refractivity contribution in [1.29, 1.82) is 0 Å². The molecule has 2 aromatic heterocycles. The van der Waals surface area contributed by atoms with Crippen molar-refractivity contribution in [1.82, 2.24) is 9.88 Å². The second-order valence-electron chi connectivity index (χ2n) is 7.98. The highest BCUT2D eigenvalue weighted by Gasteiger charge is 2.22. The minimum Gasteiger partial charge on any atom is -0.463 e. The number of carbonyl (C=O) groups is 2. The molecule has 6 heteroatoms. The van der Waals surface area contributed by atoms with Crippen molar-refractivity contribution in [2.45, 2.75) is 19.8 Å². The van der Waals surface area contributed by atoms with Crippen molar-refractivity contribution < 1.29 is 14.0 Å². The van der Waals surface area contributed by atoms with E-state index < -0.39 is 0 Å². The fraction of sp³-hybridized carbons (Fsp3) is 0.192. The van der Waals surface area contributed by atoms with Gasteiger partial charge >= 0.3 is 0 Å². The Hall–Kier alpha value is -3.93. The van der Waals surface area contributed by atoms with Crippen LogP contribution in [0, 0.1) is 6.92 Å². The van der Waals surface area contributed by atoms with Crippen LogP contribution in [-0.4, -0.2) is 34.8 Å². The van der Waals surface area contributed by atoms with E-state index >= 15 is 0 Å². The summed E-state index contributed by atoms with van der Waals surface area (Å²) in [6.07, 6.45) is 3.65. The van der Waals surface area contributed by atoms with Crippen molar-refractivity contribution in [2.24, 2.45) is 0 Å². The topological polar surface area (TPSA) is 75.4 Å². The van der Waals surface area contributed by atoms with Gasteiger partial charge in [-0.2, -0.15) is 0 Å². The number of para-hydroxylation sites is 1. The Balaban J connectivity index is 1.50. The second-order valence-corrected chi connectivity index (χ2v) is 7.98. The van der Waals surface area contributed by atoms with Crippen LogP contribution < -0.4 is 5.32 Å². The van der Waals surface area contributed by atoms with Crippen molar-refractivity contribution in [3.8, 4) is 11.5 Å². The lowest BCUT2D eigenvalue weighted by atomic mass is 10.0. The Morgan fingerprint density at radius 2 is 1.78 bits per heavy atom. The molecule has 0 unspecified atom stereocenters. The molecule has 160 valence electrons. The second kappa shape index (κ2) is 8.30. The van der Waals surface area contributed by atoms with Gasteiger partial charge in [0.05, 0.1) is 17.3 Å². The van der Waals surface area contributed by atoms with Crippen LogP contribution in [-0.2, 0) is 0 Å². The third-order valence-electron chi connectivity index (χ3n) is 5.94. The molecule has 4 aromatic rings. The Morgan fingerprint density at radius 3 is 2.56 bits per heavy atom. The van der Waals surface area contributed by atoms with E-state index in [1.807, 2.05) is 60.4 Å². The van der Waals surface area contributed by atoms with Gasteiger partial charge in [0, 0.05) is 29.7 Å². The van der Waals surface area contributed by atoms with Gasteiger partial charge in [0.25, 0.3) is 11.8 Å². The molecule has 5 rings (SSSR count). The average Bonchev–Trinajstić information content (AvgIpc) is 3.54. The first kappa shape index (κ1) is 20.0. The number of nitrogens with one attached hydrogen (secondary N) is 1. The molecule has 0 bridgehead atoms. The third-order valence-corrected chi connectivity index (χ3v) is 5.94. The summed E-state index contributed by atoms with van der Waals surface area (Å²) in [6, 6.07) is 18.3. The van der Waals surface area contributed by atoms with Crippen LogP contribution in [0.15, 0.2) is 71.3 Å². The predicted octanol–water partition coefficient (Wildman–Crippen LogP) is 5.29. The maximum atomic E-state index is 13.4. The van der Waals surface area contributed by atoms with Crippen molar-refractivity contribution in [3.05, 3.63) is 83.6 Å². The first-order valence-electron chi connectivity index (χ1n) is 10.8. The summed E-state index contributed by atoms with van der Waals surface area (Å²) in [6.45, 7) is 3.44. The number of furan rings is 1. The minimum atomic E-state index is -0.259. The predicted molar refractivity (Wildman–Crippen MR) is 124 cm³/mol. The summed E-state index contributed by atoms with van der Waals surface area (Å²) in [5.74, 6) is 0.357.